The van der Waals surface area contributed by atoms with Crippen molar-refractivity contribution in [2.24, 2.45) is 5.73 Å². The minimum Gasteiger partial charge on any atom is -0.325 e. The summed E-state index contributed by atoms with van der Waals surface area (Å²) in [5, 5.41) is 3.78. The van der Waals surface area contributed by atoms with Gasteiger partial charge in [-0.25, -0.2) is 4.98 Å². The van der Waals surface area contributed by atoms with Crippen molar-refractivity contribution in [3.05, 3.63) is 28.0 Å². The van der Waals surface area contributed by atoms with Crippen molar-refractivity contribution in [3.8, 4) is 0 Å². The standard InChI is InChI=1S/C8H10ClN3/c9-8-1-5-3-11-4-6(5)7(2-10)12-8/h1,11H,2-4,10H2. The van der Waals surface area contributed by atoms with Gasteiger partial charge in [0.15, 0.2) is 0 Å². The molecule has 1 aliphatic heterocycles. The highest BCUT2D eigenvalue weighted by atomic mass is 35.5. The smallest absolute Gasteiger partial charge is 0.129 e. The lowest BCUT2D eigenvalue weighted by atomic mass is 10.1. The molecule has 0 aliphatic carbocycles. The molecule has 2 rings (SSSR count). The monoisotopic (exact) mass is 183 g/mol. The number of pyridine rings is 1. The Morgan fingerprint density at radius 2 is 2.42 bits per heavy atom. The Morgan fingerprint density at radius 3 is 3.17 bits per heavy atom. The van der Waals surface area contributed by atoms with Gasteiger partial charge < -0.3 is 11.1 Å². The molecule has 2 heterocycles. The maximum absolute atomic E-state index is 5.81. The van der Waals surface area contributed by atoms with Gasteiger partial charge in [0.05, 0.1) is 5.69 Å². The fourth-order valence-corrected chi connectivity index (χ4v) is 1.74. The molecular formula is C8H10ClN3. The zero-order valence-electron chi connectivity index (χ0n) is 6.60. The number of rotatable bonds is 1. The third kappa shape index (κ3) is 1.20. The van der Waals surface area contributed by atoms with Crippen molar-refractivity contribution < 1.29 is 0 Å². The predicted octanol–water partition coefficient (Wildman–Crippen LogP) is 0.797. The molecule has 1 aromatic heterocycles. The molecule has 3 nitrogen and oxygen atoms in total. The second-order valence-corrected chi connectivity index (χ2v) is 3.22. The van der Waals surface area contributed by atoms with Gasteiger partial charge in [0.25, 0.3) is 0 Å². The van der Waals surface area contributed by atoms with E-state index in [1.807, 2.05) is 6.07 Å². The highest BCUT2D eigenvalue weighted by Gasteiger charge is 2.15. The fraction of sp³-hybridized carbons (Fsp3) is 0.375. The number of fused-ring (bicyclic) bond motifs is 1. The SMILES string of the molecule is NCc1nc(Cl)cc2c1CNC2. The molecule has 1 aliphatic rings. The lowest BCUT2D eigenvalue weighted by molar-refractivity contribution is 0.759. The summed E-state index contributed by atoms with van der Waals surface area (Å²) in [5.74, 6) is 0. The van der Waals surface area contributed by atoms with Crippen molar-refractivity contribution in [3.63, 3.8) is 0 Å². The minimum atomic E-state index is 0.463. The number of halogens is 1. The predicted molar refractivity (Wildman–Crippen MR) is 47.7 cm³/mol. The molecule has 0 fully saturated rings. The molecule has 64 valence electrons. The number of nitrogens with one attached hydrogen (secondary N) is 1. The number of hydrogen-bond donors (Lipinski definition) is 2. The van der Waals surface area contributed by atoms with Crippen molar-refractivity contribution in [2.45, 2.75) is 19.6 Å². The molecule has 0 aromatic carbocycles. The Bertz CT molecular complexity index is 311. The average Bonchev–Trinajstić information content (AvgIpc) is 2.50. The molecule has 0 saturated heterocycles. The van der Waals surface area contributed by atoms with Gasteiger partial charge in [-0.2, -0.15) is 0 Å². The Morgan fingerprint density at radius 1 is 1.58 bits per heavy atom. The molecular weight excluding hydrogens is 174 g/mol. The summed E-state index contributed by atoms with van der Waals surface area (Å²) in [6, 6.07) is 1.90. The second kappa shape index (κ2) is 3.01. The van der Waals surface area contributed by atoms with Crippen LogP contribution in [0.5, 0.6) is 0 Å². The molecule has 0 bridgehead atoms. The first-order valence-electron chi connectivity index (χ1n) is 3.89. The van der Waals surface area contributed by atoms with Crippen molar-refractivity contribution in [1.29, 1.82) is 0 Å². The Labute approximate surface area is 75.9 Å². The summed E-state index contributed by atoms with van der Waals surface area (Å²) in [7, 11) is 0. The molecule has 3 N–H and O–H groups in total. The summed E-state index contributed by atoms with van der Waals surface area (Å²) < 4.78 is 0. The second-order valence-electron chi connectivity index (χ2n) is 2.84. The highest BCUT2D eigenvalue weighted by molar-refractivity contribution is 6.29. The molecule has 1 aromatic rings. The van der Waals surface area contributed by atoms with Crippen LogP contribution >= 0.6 is 11.6 Å². The number of aromatic nitrogens is 1. The average molecular weight is 184 g/mol. The quantitative estimate of drug-likeness (QED) is 0.634. The van der Waals surface area contributed by atoms with E-state index in [0.717, 1.165) is 18.8 Å². The van der Waals surface area contributed by atoms with E-state index in [4.69, 9.17) is 17.3 Å². The maximum atomic E-state index is 5.81. The van der Waals surface area contributed by atoms with Gasteiger partial charge in [-0.05, 0) is 17.2 Å². The van der Waals surface area contributed by atoms with Crippen LogP contribution in [-0.2, 0) is 19.6 Å². The van der Waals surface area contributed by atoms with Crippen molar-refractivity contribution >= 4 is 11.6 Å². The van der Waals surface area contributed by atoms with Gasteiger partial charge in [-0.3, -0.25) is 0 Å². The van der Waals surface area contributed by atoms with Crippen molar-refractivity contribution in [2.75, 3.05) is 0 Å². The van der Waals surface area contributed by atoms with Gasteiger partial charge in [0, 0.05) is 19.6 Å². The first kappa shape index (κ1) is 7.98. The van der Waals surface area contributed by atoms with Crippen LogP contribution in [0.3, 0.4) is 0 Å². The van der Waals surface area contributed by atoms with Crippen LogP contribution in [-0.4, -0.2) is 4.98 Å². The Balaban J connectivity index is 2.55. The van der Waals surface area contributed by atoms with E-state index in [0.29, 0.717) is 11.7 Å². The van der Waals surface area contributed by atoms with Crippen LogP contribution in [0.2, 0.25) is 5.15 Å². The van der Waals surface area contributed by atoms with Crippen LogP contribution in [0.15, 0.2) is 6.07 Å². The van der Waals surface area contributed by atoms with E-state index in [1.54, 1.807) is 0 Å². The largest absolute Gasteiger partial charge is 0.325 e. The Hall–Kier alpha value is -0.640. The fourth-order valence-electron chi connectivity index (χ4n) is 1.51. The van der Waals surface area contributed by atoms with E-state index in [-0.39, 0.29) is 0 Å². The zero-order chi connectivity index (χ0) is 8.55. The van der Waals surface area contributed by atoms with Gasteiger partial charge in [0.1, 0.15) is 5.15 Å². The van der Waals surface area contributed by atoms with Gasteiger partial charge in [-0.1, -0.05) is 11.6 Å². The maximum Gasteiger partial charge on any atom is 0.129 e. The lowest BCUT2D eigenvalue weighted by Crippen LogP contribution is -2.06. The minimum absolute atomic E-state index is 0.463. The highest BCUT2D eigenvalue weighted by Crippen LogP contribution is 2.21. The molecule has 0 amide bonds. The van der Waals surface area contributed by atoms with Crippen molar-refractivity contribution in [1.82, 2.24) is 10.3 Å². The van der Waals surface area contributed by atoms with Gasteiger partial charge in [0.2, 0.25) is 0 Å². The molecule has 0 saturated carbocycles. The van der Waals surface area contributed by atoms with E-state index in [2.05, 4.69) is 10.3 Å². The summed E-state index contributed by atoms with van der Waals surface area (Å²) in [6.45, 7) is 2.21. The van der Waals surface area contributed by atoms with Crippen LogP contribution in [0, 0.1) is 0 Å². The summed E-state index contributed by atoms with van der Waals surface area (Å²) in [5.41, 5.74) is 8.92. The van der Waals surface area contributed by atoms with E-state index in [9.17, 15) is 0 Å². The Kier molecular flexibility index (Phi) is 2.00. The van der Waals surface area contributed by atoms with E-state index in [1.165, 1.54) is 11.1 Å². The topological polar surface area (TPSA) is 50.9 Å². The molecule has 0 unspecified atom stereocenters. The summed E-state index contributed by atoms with van der Waals surface area (Å²) in [6.07, 6.45) is 0. The normalized spacial score (nSPS) is 14.8. The van der Waals surface area contributed by atoms with E-state index >= 15 is 0 Å². The van der Waals surface area contributed by atoms with Gasteiger partial charge in [-0.15, -0.1) is 0 Å². The van der Waals surface area contributed by atoms with Crippen LogP contribution in [0.1, 0.15) is 16.8 Å². The first-order valence-corrected chi connectivity index (χ1v) is 4.27. The number of nitrogens with zero attached hydrogens (tertiary/aromatic N) is 1. The van der Waals surface area contributed by atoms with Crippen LogP contribution in [0.4, 0.5) is 0 Å². The van der Waals surface area contributed by atoms with Crippen LogP contribution in [0.25, 0.3) is 0 Å². The number of hydrogen-bond acceptors (Lipinski definition) is 3. The number of nitrogens with two attached hydrogens (primary N) is 1. The summed E-state index contributed by atoms with van der Waals surface area (Å²) in [4.78, 5) is 4.16. The zero-order valence-corrected chi connectivity index (χ0v) is 7.36. The third-order valence-electron chi connectivity index (χ3n) is 2.08. The molecule has 0 spiro atoms. The molecule has 0 radical (unpaired) electrons. The third-order valence-corrected chi connectivity index (χ3v) is 2.28. The molecule has 12 heavy (non-hydrogen) atoms. The lowest BCUT2D eigenvalue weighted by Gasteiger charge is -2.04. The van der Waals surface area contributed by atoms with Crippen LogP contribution < -0.4 is 11.1 Å². The van der Waals surface area contributed by atoms with Gasteiger partial charge >= 0.3 is 0 Å². The first-order chi connectivity index (χ1) is 5.81. The van der Waals surface area contributed by atoms with E-state index < -0.39 is 0 Å². The summed E-state index contributed by atoms with van der Waals surface area (Å²) >= 11 is 5.81. The molecule has 0 atom stereocenters. The molecule has 4 heteroatoms.